The Morgan fingerprint density at radius 2 is 2.12 bits per heavy atom. The van der Waals surface area contributed by atoms with Crippen LogP contribution in [-0.2, 0) is 10.0 Å². The number of nitrogens with zero attached hydrogens (tertiary/aromatic N) is 2. The molecule has 0 heterocycles. The molecule has 1 fully saturated rings. The Morgan fingerprint density at radius 3 is 2.64 bits per heavy atom. The van der Waals surface area contributed by atoms with E-state index < -0.39 is 14.9 Å². The van der Waals surface area contributed by atoms with Gasteiger partial charge >= 0.3 is 0 Å². The SMILES string of the molecule is CC1CCCC(CNc2ccc(S(N)(=O)=O)cc2[N+](=O)[O-])(N(C)C)C1. The molecule has 140 valence electrons. The van der Waals surface area contributed by atoms with Gasteiger partial charge in [-0.15, -0.1) is 0 Å². The molecule has 1 aliphatic rings. The Morgan fingerprint density at radius 1 is 1.44 bits per heavy atom. The van der Waals surface area contributed by atoms with Crippen LogP contribution in [0.15, 0.2) is 23.1 Å². The van der Waals surface area contributed by atoms with Crippen molar-refractivity contribution in [2.45, 2.75) is 43.0 Å². The average Bonchev–Trinajstić information content (AvgIpc) is 2.51. The summed E-state index contributed by atoms with van der Waals surface area (Å²) in [4.78, 5) is 12.7. The van der Waals surface area contributed by atoms with Gasteiger partial charge < -0.3 is 10.2 Å². The molecule has 2 atom stereocenters. The first-order valence-corrected chi connectivity index (χ1v) is 9.82. The zero-order chi connectivity index (χ0) is 18.8. The Kier molecular flexibility index (Phi) is 5.70. The lowest BCUT2D eigenvalue weighted by Gasteiger charge is -2.45. The molecule has 0 bridgehead atoms. The van der Waals surface area contributed by atoms with Crippen LogP contribution >= 0.6 is 0 Å². The molecule has 1 aliphatic carbocycles. The number of nitrogens with two attached hydrogens (primary N) is 1. The van der Waals surface area contributed by atoms with Crippen LogP contribution in [0, 0.1) is 16.0 Å². The molecule has 1 aromatic rings. The molecule has 2 unspecified atom stereocenters. The Bertz CT molecular complexity index is 751. The number of rotatable bonds is 6. The number of sulfonamides is 1. The second-order valence-corrected chi connectivity index (χ2v) is 8.72. The highest BCUT2D eigenvalue weighted by molar-refractivity contribution is 7.89. The number of hydrogen-bond acceptors (Lipinski definition) is 6. The second-order valence-electron chi connectivity index (χ2n) is 7.15. The van der Waals surface area contributed by atoms with Crippen molar-refractivity contribution in [1.82, 2.24) is 4.90 Å². The molecule has 8 nitrogen and oxygen atoms in total. The van der Waals surface area contributed by atoms with Crippen LogP contribution in [0.3, 0.4) is 0 Å². The lowest BCUT2D eigenvalue weighted by atomic mass is 9.75. The van der Waals surface area contributed by atoms with Crippen molar-refractivity contribution < 1.29 is 13.3 Å². The lowest BCUT2D eigenvalue weighted by molar-refractivity contribution is -0.384. The van der Waals surface area contributed by atoms with Crippen molar-refractivity contribution in [3.63, 3.8) is 0 Å². The first-order valence-electron chi connectivity index (χ1n) is 8.28. The number of nitrogens with one attached hydrogen (secondary N) is 1. The van der Waals surface area contributed by atoms with E-state index in [1.807, 2.05) is 14.1 Å². The minimum Gasteiger partial charge on any atom is -0.378 e. The first kappa shape index (κ1) is 19.6. The fourth-order valence-electron chi connectivity index (χ4n) is 3.61. The van der Waals surface area contributed by atoms with Crippen molar-refractivity contribution in [2.75, 3.05) is 26.0 Å². The van der Waals surface area contributed by atoms with E-state index in [0.717, 1.165) is 25.3 Å². The van der Waals surface area contributed by atoms with Crippen LogP contribution in [0.25, 0.3) is 0 Å². The molecular weight excluding hydrogens is 344 g/mol. The topological polar surface area (TPSA) is 119 Å². The minimum atomic E-state index is -3.98. The van der Waals surface area contributed by atoms with Crippen molar-refractivity contribution >= 4 is 21.4 Å². The third-order valence-electron chi connectivity index (χ3n) is 5.12. The molecule has 9 heteroatoms. The second kappa shape index (κ2) is 7.27. The molecule has 0 amide bonds. The summed E-state index contributed by atoms with van der Waals surface area (Å²) >= 11 is 0. The van der Waals surface area contributed by atoms with Crippen LogP contribution in [0.5, 0.6) is 0 Å². The highest BCUT2D eigenvalue weighted by atomic mass is 32.2. The lowest BCUT2D eigenvalue weighted by Crippen LogP contribution is -2.52. The Hall–Kier alpha value is -1.71. The van der Waals surface area contributed by atoms with E-state index in [1.165, 1.54) is 18.6 Å². The predicted octanol–water partition coefficient (Wildman–Crippen LogP) is 2.16. The van der Waals surface area contributed by atoms with E-state index >= 15 is 0 Å². The molecule has 1 saturated carbocycles. The van der Waals surface area contributed by atoms with Crippen molar-refractivity contribution in [2.24, 2.45) is 11.1 Å². The number of nitro benzene ring substituents is 1. The van der Waals surface area contributed by atoms with Gasteiger partial charge in [-0.3, -0.25) is 10.1 Å². The number of likely N-dealkylation sites (N-methyl/N-ethyl adjacent to an activating group) is 1. The smallest absolute Gasteiger partial charge is 0.293 e. The monoisotopic (exact) mass is 370 g/mol. The quantitative estimate of drug-likeness (QED) is 0.585. The molecular formula is C16H26N4O4S. The third-order valence-corrected chi connectivity index (χ3v) is 6.03. The number of anilines is 1. The Balaban J connectivity index is 2.28. The van der Waals surface area contributed by atoms with Crippen LogP contribution < -0.4 is 10.5 Å². The summed E-state index contributed by atoms with van der Waals surface area (Å²) in [5, 5.41) is 19.6. The average molecular weight is 370 g/mol. The summed E-state index contributed by atoms with van der Waals surface area (Å²) in [5.74, 6) is 0.595. The van der Waals surface area contributed by atoms with Gasteiger partial charge in [0.2, 0.25) is 10.0 Å². The third kappa shape index (κ3) is 4.47. The predicted molar refractivity (Wildman–Crippen MR) is 97.0 cm³/mol. The molecule has 0 radical (unpaired) electrons. The van der Waals surface area contributed by atoms with Gasteiger partial charge in [0.1, 0.15) is 5.69 Å². The van der Waals surface area contributed by atoms with Crippen molar-refractivity contribution in [1.29, 1.82) is 0 Å². The molecule has 0 aliphatic heterocycles. The van der Waals surface area contributed by atoms with Crippen molar-refractivity contribution in [3.8, 4) is 0 Å². The largest absolute Gasteiger partial charge is 0.378 e. The van der Waals surface area contributed by atoms with Gasteiger partial charge in [0.25, 0.3) is 5.69 Å². The zero-order valence-corrected chi connectivity index (χ0v) is 15.7. The van der Waals surface area contributed by atoms with Crippen LogP contribution in [-0.4, -0.2) is 44.4 Å². The Labute approximate surface area is 148 Å². The highest BCUT2D eigenvalue weighted by Gasteiger charge is 2.37. The van der Waals surface area contributed by atoms with Gasteiger partial charge in [-0.05, 0) is 45.0 Å². The van der Waals surface area contributed by atoms with Gasteiger partial charge in [-0.25, -0.2) is 13.6 Å². The summed E-state index contributed by atoms with van der Waals surface area (Å²) in [6.07, 6.45) is 4.34. The zero-order valence-electron chi connectivity index (χ0n) is 14.9. The summed E-state index contributed by atoms with van der Waals surface area (Å²) in [5.41, 5.74) is -0.0643. The maximum atomic E-state index is 11.4. The van der Waals surface area contributed by atoms with Crippen LogP contribution in [0.4, 0.5) is 11.4 Å². The first-order chi connectivity index (χ1) is 11.5. The molecule has 0 spiro atoms. The maximum Gasteiger partial charge on any atom is 0.293 e. The van der Waals surface area contributed by atoms with E-state index in [0.29, 0.717) is 18.2 Å². The number of hydrogen-bond donors (Lipinski definition) is 2. The number of nitro groups is 1. The van der Waals surface area contributed by atoms with Gasteiger partial charge in [0, 0.05) is 18.2 Å². The van der Waals surface area contributed by atoms with Gasteiger partial charge in [-0.1, -0.05) is 19.8 Å². The molecule has 2 rings (SSSR count). The fourth-order valence-corrected chi connectivity index (χ4v) is 4.14. The molecule has 0 saturated heterocycles. The van der Waals surface area contributed by atoms with E-state index in [9.17, 15) is 18.5 Å². The summed E-state index contributed by atoms with van der Waals surface area (Å²) in [6.45, 7) is 2.78. The van der Waals surface area contributed by atoms with Crippen molar-refractivity contribution in [3.05, 3.63) is 28.3 Å². The minimum absolute atomic E-state index is 0.0792. The number of benzene rings is 1. The summed E-state index contributed by atoms with van der Waals surface area (Å²) in [7, 11) is 0.0678. The van der Waals surface area contributed by atoms with E-state index in [2.05, 4.69) is 17.1 Å². The van der Waals surface area contributed by atoms with Crippen LogP contribution in [0.2, 0.25) is 0 Å². The van der Waals surface area contributed by atoms with Crippen LogP contribution in [0.1, 0.15) is 32.6 Å². The molecule has 25 heavy (non-hydrogen) atoms. The van der Waals surface area contributed by atoms with Gasteiger partial charge in [0.05, 0.1) is 9.82 Å². The summed E-state index contributed by atoms with van der Waals surface area (Å²) < 4.78 is 22.9. The molecule has 3 N–H and O–H groups in total. The molecule has 0 aromatic heterocycles. The van der Waals surface area contributed by atoms with E-state index in [4.69, 9.17) is 5.14 Å². The standard InChI is InChI=1S/C16H26N4O4S/c1-12-5-4-8-16(10-12,19(2)3)11-18-14-7-6-13(25(17,23)24)9-15(14)20(21)22/h6-7,9,12,18H,4-5,8,10-11H2,1-3H3,(H2,17,23,24). The number of primary sulfonamides is 1. The van der Waals surface area contributed by atoms with E-state index in [1.54, 1.807) is 0 Å². The van der Waals surface area contributed by atoms with Gasteiger partial charge in [0.15, 0.2) is 0 Å². The summed E-state index contributed by atoms with van der Waals surface area (Å²) in [6, 6.07) is 3.70. The highest BCUT2D eigenvalue weighted by Crippen LogP contribution is 2.37. The maximum absolute atomic E-state index is 11.4. The van der Waals surface area contributed by atoms with Gasteiger partial charge in [-0.2, -0.15) is 0 Å². The fraction of sp³-hybridized carbons (Fsp3) is 0.625. The van der Waals surface area contributed by atoms with E-state index in [-0.39, 0.29) is 16.1 Å². The molecule has 1 aromatic carbocycles. The normalized spacial score (nSPS) is 24.3.